The molecule has 4 nitrogen and oxygen atoms in total. The zero-order chi connectivity index (χ0) is 13.2. The van der Waals surface area contributed by atoms with Gasteiger partial charge in [0.25, 0.3) is 0 Å². The standard InChI is InChI=1S/C13H16O4/c1-7(2)6-10-9(12(14)15)5-4-8(3)11(10)13(16)17/h4-5,7H,6H2,1-3H3,(H,14,15)(H,16,17). The molecule has 17 heavy (non-hydrogen) atoms. The summed E-state index contributed by atoms with van der Waals surface area (Å²) in [4.78, 5) is 22.3. The summed E-state index contributed by atoms with van der Waals surface area (Å²) in [5.41, 5.74) is 1.22. The van der Waals surface area contributed by atoms with E-state index in [-0.39, 0.29) is 17.0 Å². The van der Waals surface area contributed by atoms with Crippen molar-refractivity contribution in [2.75, 3.05) is 0 Å². The van der Waals surface area contributed by atoms with Gasteiger partial charge in [-0.25, -0.2) is 9.59 Å². The summed E-state index contributed by atoms with van der Waals surface area (Å²) in [7, 11) is 0. The van der Waals surface area contributed by atoms with Crippen LogP contribution in [-0.4, -0.2) is 22.2 Å². The molecule has 2 N–H and O–H groups in total. The second-order valence-electron chi connectivity index (χ2n) is 4.49. The fourth-order valence-electron chi connectivity index (χ4n) is 1.88. The summed E-state index contributed by atoms with van der Waals surface area (Å²) >= 11 is 0. The van der Waals surface area contributed by atoms with E-state index in [9.17, 15) is 14.7 Å². The second-order valence-corrected chi connectivity index (χ2v) is 4.49. The quantitative estimate of drug-likeness (QED) is 0.842. The molecule has 0 saturated heterocycles. The average Bonchev–Trinajstić information content (AvgIpc) is 2.15. The molecule has 0 heterocycles. The van der Waals surface area contributed by atoms with Gasteiger partial charge < -0.3 is 10.2 Å². The first-order chi connectivity index (χ1) is 7.84. The number of hydrogen-bond acceptors (Lipinski definition) is 2. The van der Waals surface area contributed by atoms with Crippen molar-refractivity contribution in [2.45, 2.75) is 27.2 Å². The van der Waals surface area contributed by atoms with Gasteiger partial charge in [-0.05, 0) is 36.5 Å². The molecule has 0 bridgehead atoms. The van der Waals surface area contributed by atoms with Gasteiger partial charge in [-0.3, -0.25) is 0 Å². The third kappa shape index (κ3) is 2.84. The SMILES string of the molecule is Cc1ccc(C(=O)O)c(CC(C)C)c1C(=O)O. The topological polar surface area (TPSA) is 74.6 Å². The first-order valence-electron chi connectivity index (χ1n) is 5.43. The van der Waals surface area contributed by atoms with Crippen molar-refractivity contribution >= 4 is 11.9 Å². The van der Waals surface area contributed by atoms with Crippen LogP contribution in [-0.2, 0) is 6.42 Å². The van der Waals surface area contributed by atoms with Gasteiger partial charge in [0.1, 0.15) is 0 Å². The van der Waals surface area contributed by atoms with Crippen LogP contribution in [0.5, 0.6) is 0 Å². The molecule has 1 rings (SSSR count). The molecule has 0 aliphatic carbocycles. The molecule has 1 aromatic rings. The van der Waals surface area contributed by atoms with E-state index in [0.717, 1.165) is 0 Å². The van der Waals surface area contributed by atoms with Crippen LogP contribution in [0.1, 0.15) is 45.7 Å². The lowest BCUT2D eigenvalue weighted by molar-refractivity contribution is 0.0694. The van der Waals surface area contributed by atoms with Crippen LogP contribution in [0, 0.1) is 12.8 Å². The van der Waals surface area contributed by atoms with Crippen molar-refractivity contribution in [3.63, 3.8) is 0 Å². The molecular weight excluding hydrogens is 220 g/mol. The largest absolute Gasteiger partial charge is 0.478 e. The lowest BCUT2D eigenvalue weighted by atomic mass is 9.90. The van der Waals surface area contributed by atoms with Crippen LogP contribution in [0.3, 0.4) is 0 Å². The number of aromatic carboxylic acids is 2. The van der Waals surface area contributed by atoms with Gasteiger partial charge in [0, 0.05) is 0 Å². The Hall–Kier alpha value is -1.84. The molecule has 0 radical (unpaired) electrons. The van der Waals surface area contributed by atoms with E-state index in [4.69, 9.17) is 5.11 Å². The van der Waals surface area contributed by atoms with Gasteiger partial charge in [0.2, 0.25) is 0 Å². The predicted molar refractivity (Wildman–Crippen MR) is 63.6 cm³/mol. The number of aryl methyl sites for hydroxylation is 1. The smallest absolute Gasteiger partial charge is 0.336 e. The second kappa shape index (κ2) is 4.99. The van der Waals surface area contributed by atoms with Crippen molar-refractivity contribution in [3.05, 3.63) is 34.4 Å². The van der Waals surface area contributed by atoms with E-state index in [1.807, 2.05) is 13.8 Å². The molecule has 0 amide bonds. The maximum Gasteiger partial charge on any atom is 0.336 e. The molecule has 0 aromatic heterocycles. The highest BCUT2D eigenvalue weighted by atomic mass is 16.4. The van der Waals surface area contributed by atoms with Crippen molar-refractivity contribution in [2.24, 2.45) is 5.92 Å². The zero-order valence-corrected chi connectivity index (χ0v) is 10.2. The van der Waals surface area contributed by atoms with E-state index >= 15 is 0 Å². The molecule has 0 aliphatic heterocycles. The summed E-state index contributed by atoms with van der Waals surface area (Å²) in [5.74, 6) is -1.95. The Morgan fingerprint density at radius 2 is 1.76 bits per heavy atom. The Morgan fingerprint density at radius 1 is 1.18 bits per heavy atom. The molecule has 0 atom stereocenters. The van der Waals surface area contributed by atoms with Crippen LogP contribution in [0.25, 0.3) is 0 Å². The molecule has 0 spiro atoms. The molecule has 92 valence electrons. The van der Waals surface area contributed by atoms with Gasteiger partial charge in [0.05, 0.1) is 11.1 Å². The molecule has 0 aliphatic rings. The van der Waals surface area contributed by atoms with Crippen LogP contribution in [0.15, 0.2) is 12.1 Å². The fourth-order valence-corrected chi connectivity index (χ4v) is 1.88. The van der Waals surface area contributed by atoms with Gasteiger partial charge >= 0.3 is 11.9 Å². The predicted octanol–water partition coefficient (Wildman–Crippen LogP) is 2.59. The van der Waals surface area contributed by atoms with E-state index in [1.165, 1.54) is 12.1 Å². The van der Waals surface area contributed by atoms with Gasteiger partial charge in [-0.2, -0.15) is 0 Å². The normalized spacial score (nSPS) is 10.6. The van der Waals surface area contributed by atoms with E-state index in [1.54, 1.807) is 6.92 Å². The molecule has 0 unspecified atom stereocenters. The summed E-state index contributed by atoms with van der Waals surface area (Å²) < 4.78 is 0. The van der Waals surface area contributed by atoms with Gasteiger partial charge in [-0.15, -0.1) is 0 Å². The highest BCUT2D eigenvalue weighted by Gasteiger charge is 2.20. The van der Waals surface area contributed by atoms with Crippen LogP contribution >= 0.6 is 0 Å². The van der Waals surface area contributed by atoms with Crippen molar-refractivity contribution in [3.8, 4) is 0 Å². The highest BCUT2D eigenvalue weighted by molar-refractivity contribution is 5.97. The minimum Gasteiger partial charge on any atom is -0.478 e. The van der Waals surface area contributed by atoms with E-state index in [0.29, 0.717) is 17.5 Å². The van der Waals surface area contributed by atoms with Gasteiger partial charge in [-0.1, -0.05) is 19.9 Å². The lowest BCUT2D eigenvalue weighted by Gasteiger charge is -2.14. The third-order valence-electron chi connectivity index (χ3n) is 2.58. The number of rotatable bonds is 4. The number of carboxylic acids is 2. The minimum absolute atomic E-state index is 0.0849. The Bertz CT molecular complexity index is 461. The maximum absolute atomic E-state index is 11.2. The Morgan fingerprint density at radius 3 is 2.18 bits per heavy atom. The van der Waals surface area contributed by atoms with Crippen LogP contribution < -0.4 is 0 Å². The summed E-state index contributed by atoms with van der Waals surface area (Å²) in [6.07, 6.45) is 0.449. The van der Waals surface area contributed by atoms with Crippen molar-refractivity contribution < 1.29 is 19.8 Å². The summed E-state index contributed by atoms with van der Waals surface area (Å²) in [6.45, 7) is 5.54. The first kappa shape index (κ1) is 13.2. The summed E-state index contributed by atoms with van der Waals surface area (Å²) in [5, 5.41) is 18.3. The highest BCUT2D eigenvalue weighted by Crippen LogP contribution is 2.22. The van der Waals surface area contributed by atoms with E-state index in [2.05, 4.69) is 0 Å². The molecule has 1 aromatic carbocycles. The molecule has 0 saturated carbocycles. The Kier molecular flexibility index (Phi) is 3.89. The molecular formula is C13H16O4. The van der Waals surface area contributed by atoms with Crippen molar-refractivity contribution in [1.29, 1.82) is 0 Å². The van der Waals surface area contributed by atoms with Crippen LogP contribution in [0.2, 0.25) is 0 Å². The lowest BCUT2D eigenvalue weighted by Crippen LogP contribution is -2.13. The average molecular weight is 236 g/mol. The molecule has 4 heteroatoms. The number of benzene rings is 1. The van der Waals surface area contributed by atoms with Crippen molar-refractivity contribution in [1.82, 2.24) is 0 Å². The minimum atomic E-state index is -1.08. The third-order valence-corrected chi connectivity index (χ3v) is 2.58. The Balaban J connectivity index is 3.49. The maximum atomic E-state index is 11.2. The van der Waals surface area contributed by atoms with Crippen LogP contribution in [0.4, 0.5) is 0 Å². The first-order valence-corrected chi connectivity index (χ1v) is 5.43. The van der Waals surface area contributed by atoms with E-state index < -0.39 is 11.9 Å². The fraction of sp³-hybridized carbons (Fsp3) is 0.385. The number of carboxylic acid groups (broad SMARTS) is 2. The Labute approximate surface area is 99.9 Å². The monoisotopic (exact) mass is 236 g/mol. The molecule has 0 fully saturated rings. The van der Waals surface area contributed by atoms with Gasteiger partial charge in [0.15, 0.2) is 0 Å². The number of hydrogen-bond donors (Lipinski definition) is 2. The number of carbonyl (C=O) groups is 2. The summed E-state index contributed by atoms with van der Waals surface area (Å²) in [6, 6.07) is 3.01. The zero-order valence-electron chi connectivity index (χ0n) is 10.2.